The Labute approximate surface area is 133 Å². The Kier molecular flexibility index (Phi) is 5.36. The summed E-state index contributed by atoms with van der Waals surface area (Å²) in [6, 6.07) is 5.23. The number of amides is 2. The number of thioether (sulfide) groups is 1. The van der Waals surface area contributed by atoms with Crippen molar-refractivity contribution in [1.82, 2.24) is 9.80 Å². The molecule has 0 saturated carbocycles. The summed E-state index contributed by atoms with van der Waals surface area (Å²) < 4.78 is 0. The summed E-state index contributed by atoms with van der Waals surface area (Å²) in [6.45, 7) is 3.93. The van der Waals surface area contributed by atoms with Crippen LogP contribution in [0, 0.1) is 0 Å². The minimum Gasteiger partial charge on any atom is -0.398 e. The molecule has 0 aromatic heterocycles. The number of hydrogen-bond acceptors (Lipinski definition) is 4. The number of anilines is 1. The molecule has 2 N–H and O–H groups in total. The topological polar surface area (TPSA) is 66.6 Å². The fourth-order valence-corrected chi connectivity index (χ4v) is 3.28. The van der Waals surface area contributed by atoms with Crippen molar-refractivity contribution in [2.24, 2.45) is 0 Å². The van der Waals surface area contributed by atoms with E-state index in [1.54, 1.807) is 34.9 Å². The number of hydrogen-bond donors (Lipinski definition) is 1. The van der Waals surface area contributed by atoms with E-state index in [0.29, 0.717) is 42.6 Å². The third kappa shape index (κ3) is 4.28. The standard InChI is InChI=1S/C14H18ClN3O2S/c1-10(19)17-4-6-18(7-5-17)14(20)9-21-13-8-11(15)2-3-12(13)16/h2-3,8H,4-7,9,16H2,1H3. The largest absolute Gasteiger partial charge is 0.398 e. The first-order chi connectivity index (χ1) is 9.97. The van der Waals surface area contributed by atoms with Crippen LogP contribution in [-0.2, 0) is 9.59 Å². The van der Waals surface area contributed by atoms with Gasteiger partial charge in [-0.2, -0.15) is 0 Å². The van der Waals surface area contributed by atoms with Crippen molar-refractivity contribution in [2.75, 3.05) is 37.7 Å². The Bertz CT molecular complexity index is 545. The third-order valence-electron chi connectivity index (χ3n) is 3.40. The van der Waals surface area contributed by atoms with E-state index in [1.807, 2.05) is 0 Å². The second-order valence-electron chi connectivity index (χ2n) is 4.86. The highest BCUT2D eigenvalue weighted by molar-refractivity contribution is 8.00. The van der Waals surface area contributed by atoms with Gasteiger partial charge in [0.1, 0.15) is 0 Å². The van der Waals surface area contributed by atoms with Gasteiger partial charge in [-0.3, -0.25) is 9.59 Å². The predicted octanol–water partition coefficient (Wildman–Crippen LogP) is 1.70. The Morgan fingerprint density at radius 2 is 1.86 bits per heavy atom. The summed E-state index contributed by atoms with van der Waals surface area (Å²) in [6.07, 6.45) is 0. The number of nitrogens with two attached hydrogens (primary N) is 1. The molecule has 7 heteroatoms. The number of piperazine rings is 1. The summed E-state index contributed by atoms with van der Waals surface area (Å²) in [7, 11) is 0. The summed E-state index contributed by atoms with van der Waals surface area (Å²) in [5, 5.41) is 0.606. The minimum absolute atomic E-state index is 0.0579. The van der Waals surface area contributed by atoms with E-state index in [2.05, 4.69) is 0 Å². The lowest BCUT2D eigenvalue weighted by molar-refractivity contribution is -0.136. The van der Waals surface area contributed by atoms with Crippen molar-refractivity contribution in [3.63, 3.8) is 0 Å². The molecule has 21 heavy (non-hydrogen) atoms. The molecule has 0 radical (unpaired) electrons. The van der Waals surface area contributed by atoms with Crippen LogP contribution in [0.5, 0.6) is 0 Å². The summed E-state index contributed by atoms with van der Waals surface area (Å²) >= 11 is 7.31. The van der Waals surface area contributed by atoms with Gasteiger partial charge in [-0.05, 0) is 18.2 Å². The van der Waals surface area contributed by atoms with Gasteiger partial charge in [-0.25, -0.2) is 0 Å². The van der Waals surface area contributed by atoms with Crippen molar-refractivity contribution in [3.8, 4) is 0 Å². The molecule has 0 unspecified atom stereocenters. The van der Waals surface area contributed by atoms with E-state index in [0.717, 1.165) is 4.90 Å². The number of nitrogens with zero attached hydrogens (tertiary/aromatic N) is 2. The highest BCUT2D eigenvalue weighted by Gasteiger charge is 2.22. The maximum absolute atomic E-state index is 12.2. The van der Waals surface area contributed by atoms with E-state index >= 15 is 0 Å². The molecule has 2 rings (SSSR count). The van der Waals surface area contributed by atoms with Gasteiger partial charge in [0.15, 0.2) is 0 Å². The minimum atomic E-state index is 0.0579. The average molecular weight is 328 g/mol. The molecule has 1 heterocycles. The van der Waals surface area contributed by atoms with Crippen LogP contribution in [-0.4, -0.2) is 53.5 Å². The molecule has 1 aromatic rings. The van der Waals surface area contributed by atoms with Gasteiger partial charge >= 0.3 is 0 Å². The van der Waals surface area contributed by atoms with Gasteiger partial charge in [0.25, 0.3) is 0 Å². The number of rotatable bonds is 3. The van der Waals surface area contributed by atoms with Crippen molar-refractivity contribution < 1.29 is 9.59 Å². The van der Waals surface area contributed by atoms with Crippen LogP contribution in [0.3, 0.4) is 0 Å². The number of carbonyl (C=O) groups excluding carboxylic acids is 2. The summed E-state index contributed by atoms with van der Waals surface area (Å²) in [5.41, 5.74) is 6.48. The molecule has 0 spiro atoms. The molecular formula is C14H18ClN3O2S. The first-order valence-electron chi connectivity index (χ1n) is 6.68. The quantitative estimate of drug-likeness (QED) is 0.678. The van der Waals surface area contributed by atoms with Crippen LogP contribution < -0.4 is 5.73 Å². The SMILES string of the molecule is CC(=O)N1CCN(C(=O)CSc2cc(Cl)ccc2N)CC1. The van der Waals surface area contributed by atoms with Crippen LogP contribution in [0.25, 0.3) is 0 Å². The lowest BCUT2D eigenvalue weighted by atomic mass is 10.3. The van der Waals surface area contributed by atoms with E-state index < -0.39 is 0 Å². The number of carbonyl (C=O) groups is 2. The first kappa shape index (κ1) is 16.0. The maximum atomic E-state index is 12.2. The average Bonchev–Trinajstić information content (AvgIpc) is 2.48. The van der Waals surface area contributed by atoms with Gasteiger partial charge in [-0.15, -0.1) is 11.8 Å². The zero-order chi connectivity index (χ0) is 15.4. The Morgan fingerprint density at radius 3 is 2.48 bits per heavy atom. The van der Waals surface area contributed by atoms with Gasteiger partial charge in [-0.1, -0.05) is 11.6 Å². The molecule has 0 aliphatic carbocycles. The van der Waals surface area contributed by atoms with Crippen LogP contribution in [0.15, 0.2) is 23.1 Å². The first-order valence-corrected chi connectivity index (χ1v) is 8.05. The van der Waals surface area contributed by atoms with E-state index in [-0.39, 0.29) is 11.8 Å². The zero-order valence-corrected chi connectivity index (χ0v) is 13.4. The monoisotopic (exact) mass is 327 g/mol. The second-order valence-corrected chi connectivity index (χ2v) is 6.31. The fourth-order valence-electron chi connectivity index (χ4n) is 2.13. The molecule has 0 bridgehead atoms. The predicted molar refractivity (Wildman–Crippen MR) is 85.4 cm³/mol. The molecule has 1 aromatic carbocycles. The zero-order valence-electron chi connectivity index (χ0n) is 11.8. The lowest BCUT2D eigenvalue weighted by Crippen LogP contribution is -2.50. The normalized spacial score (nSPS) is 15.1. The van der Waals surface area contributed by atoms with Crippen LogP contribution >= 0.6 is 23.4 Å². The van der Waals surface area contributed by atoms with Gasteiger partial charge in [0.05, 0.1) is 5.75 Å². The smallest absolute Gasteiger partial charge is 0.233 e. The van der Waals surface area contributed by atoms with Crippen molar-refractivity contribution in [3.05, 3.63) is 23.2 Å². The molecule has 1 aliphatic heterocycles. The van der Waals surface area contributed by atoms with E-state index in [1.165, 1.54) is 11.8 Å². The Balaban J connectivity index is 1.85. The van der Waals surface area contributed by atoms with Crippen molar-refractivity contribution >= 4 is 40.9 Å². The molecular weight excluding hydrogens is 310 g/mol. The van der Waals surface area contributed by atoms with Crippen LogP contribution in [0.1, 0.15) is 6.92 Å². The molecule has 114 valence electrons. The molecule has 1 saturated heterocycles. The lowest BCUT2D eigenvalue weighted by Gasteiger charge is -2.34. The van der Waals surface area contributed by atoms with Gasteiger partial charge in [0, 0.05) is 48.7 Å². The molecule has 5 nitrogen and oxygen atoms in total. The molecule has 0 atom stereocenters. The fraction of sp³-hybridized carbons (Fsp3) is 0.429. The Hall–Kier alpha value is -1.40. The number of nitrogen functional groups attached to an aromatic ring is 1. The van der Waals surface area contributed by atoms with Gasteiger partial charge < -0.3 is 15.5 Å². The maximum Gasteiger partial charge on any atom is 0.233 e. The summed E-state index contributed by atoms with van der Waals surface area (Å²) in [4.78, 5) is 27.8. The van der Waals surface area contributed by atoms with Crippen LogP contribution in [0.4, 0.5) is 5.69 Å². The Morgan fingerprint density at radius 1 is 1.24 bits per heavy atom. The summed E-state index contributed by atoms with van der Waals surface area (Å²) in [5.74, 6) is 0.440. The highest BCUT2D eigenvalue weighted by Crippen LogP contribution is 2.28. The van der Waals surface area contributed by atoms with Crippen molar-refractivity contribution in [2.45, 2.75) is 11.8 Å². The van der Waals surface area contributed by atoms with Crippen LogP contribution in [0.2, 0.25) is 5.02 Å². The molecule has 1 aliphatic rings. The van der Waals surface area contributed by atoms with E-state index in [4.69, 9.17) is 17.3 Å². The number of benzene rings is 1. The molecule has 1 fully saturated rings. The van der Waals surface area contributed by atoms with Crippen molar-refractivity contribution in [1.29, 1.82) is 0 Å². The van der Waals surface area contributed by atoms with E-state index in [9.17, 15) is 9.59 Å². The van der Waals surface area contributed by atoms with Gasteiger partial charge in [0.2, 0.25) is 11.8 Å². The third-order valence-corrected chi connectivity index (χ3v) is 4.70. The number of halogens is 1. The second kappa shape index (κ2) is 7.04. The highest BCUT2D eigenvalue weighted by atomic mass is 35.5. The molecule has 2 amide bonds.